The summed E-state index contributed by atoms with van der Waals surface area (Å²) in [5.74, 6) is 0. The predicted molar refractivity (Wildman–Crippen MR) is 81.9 cm³/mol. The van der Waals surface area contributed by atoms with Gasteiger partial charge in [0.25, 0.3) is 5.56 Å². The van der Waals surface area contributed by atoms with Crippen LogP contribution in [0.15, 0.2) is 28.5 Å². The maximum absolute atomic E-state index is 12.2. The van der Waals surface area contributed by atoms with Crippen LogP contribution in [0.25, 0.3) is 10.1 Å². The smallest absolute Gasteiger partial charge is 0.259 e. The average Bonchev–Trinajstić information content (AvgIpc) is 2.98. The van der Waals surface area contributed by atoms with Gasteiger partial charge >= 0.3 is 0 Å². The number of rotatable bonds is 5. The first-order valence-electron chi connectivity index (χ1n) is 7.18. The van der Waals surface area contributed by atoms with E-state index in [1.807, 2.05) is 17.5 Å². The molecule has 1 N–H and O–H groups in total. The maximum atomic E-state index is 12.2. The fourth-order valence-electron chi connectivity index (χ4n) is 2.52. The van der Waals surface area contributed by atoms with Crippen LogP contribution in [0.5, 0.6) is 0 Å². The molecule has 0 amide bonds. The molecule has 0 unspecified atom stereocenters. The number of hydrogen-bond donors (Lipinski definition) is 1. The molecule has 0 aliphatic carbocycles. The minimum Gasteiger partial charge on any atom is -0.389 e. The zero-order chi connectivity index (χ0) is 14.7. The third-order valence-corrected chi connectivity index (χ3v) is 4.57. The number of thiophene rings is 1. The highest BCUT2D eigenvalue weighted by molar-refractivity contribution is 7.17. The molecule has 1 fully saturated rings. The van der Waals surface area contributed by atoms with Gasteiger partial charge in [0, 0.05) is 24.1 Å². The summed E-state index contributed by atoms with van der Waals surface area (Å²) in [6.07, 6.45) is 2.95. The molecule has 1 aliphatic heterocycles. The van der Waals surface area contributed by atoms with E-state index in [1.54, 1.807) is 22.1 Å². The number of nitrogens with zero attached hydrogens (tertiary/aromatic N) is 1. The van der Waals surface area contributed by atoms with E-state index in [0.29, 0.717) is 5.39 Å². The Kier molecular flexibility index (Phi) is 4.70. The third kappa shape index (κ3) is 3.52. The van der Waals surface area contributed by atoms with Crippen molar-refractivity contribution in [2.45, 2.75) is 31.6 Å². The van der Waals surface area contributed by atoms with E-state index in [4.69, 9.17) is 9.47 Å². The highest BCUT2D eigenvalue weighted by Gasteiger charge is 2.16. The van der Waals surface area contributed by atoms with Crippen LogP contribution in [-0.2, 0) is 16.0 Å². The second-order valence-corrected chi connectivity index (χ2v) is 6.22. The van der Waals surface area contributed by atoms with Crippen LogP contribution in [-0.4, -0.2) is 41.7 Å². The monoisotopic (exact) mass is 309 g/mol. The van der Waals surface area contributed by atoms with Crippen LogP contribution in [0.1, 0.15) is 12.8 Å². The lowest BCUT2D eigenvalue weighted by molar-refractivity contribution is -0.0618. The summed E-state index contributed by atoms with van der Waals surface area (Å²) in [6, 6.07) is 3.73. The number of ether oxygens (including phenoxy) is 2. The fourth-order valence-corrected chi connectivity index (χ4v) is 3.29. The van der Waals surface area contributed by atoms with Crippen molar-refractivity contribution >= 4 is 21.4 Å². The molecule has 1 atom stereocenters. The lowest BCUT2D eigenvalue weighted by Crippen LogP contribution is -2.32. The summed E-state index contributed by atoms with van der Waals surface area (Å²) in [5.41, 5.74) is -0.0566. The number of aliphatic hydroxyl groups excluding tert-OH is 1. The van der Waals surface area contributed by atoms with Crippen molar-refractivity contribution < 1.29 is 14.6 Å². The lowest BCUT2D eigenvalue weighted by atomic mass is 10.1. The molecule has 0 saturated carbocycles. The quantitative estimate of drug-likeness (QED) is 0.912. The van der Waals surface area contributed by atoms with Crippen LogP contribution in [0.4, 0.5) is 0 Å². The van der Waals surface area contributed by atoms with Gasteiger partial charge in [-0.2, -0.15) is 0 Å². The first-order chi connectivity index (χ1) is 10.2. The van der Waals surface area contributed by atoms with E-state index in [1.165, 1.54) is 0 Å². The van der Waals surface area contributed by atoms with Crippen molar-refractivity contribution in [3.63, 3.8) is 0 Å². The minimum absolute atomic E-state index is 0.0566. The third-order valence-electron chi connectivity index (χ3n) is 3.69. The largest absolute Gasteiger partial charge is 0.389 e. The van der Waals surface area contributed by atoms with E-state index < -0.39 is 6.10 Å². The molecule has 1 saturated heterocycles. The Bertz CT molecular complexity index is 644. The van der Waals surface area contributed by atoms with Crippen molar-refractivity contribution in [2.24, 2.45) is 0 Å². The van der Waals surface area contributed by atoms with Crippen molar-refractivity contribution in [3.05, 3.63) is 34.1 Å². The van der Waals surface area contributed by atoms with E-state index in [0.717, 1.165) is 30.8 Å². The number of pyridine rings is 1. The highest BCUT2D eigenvalue weighted by Crippen LogP contribution is 2.16. The molecular weight excluding hydrogens is 290 g/mol. The number of fused-ring (bicyclic) bond motifs is 1. The Hall–Kier alpha value is -1.21. The molecule has 0 aromatic carbocycles. The predicted octanol–water partition coefficient (Wildman–Crippen LogP) is 1.62. The van der Waals surface area contributed by atoms with E-state index in [9.17, 15) is 9.90 Å². The standard InChI is InChI=1S/C15H19NO4S/c17-11(10-20-12-2-6-19-7-3-12)9-16-5-1-14-13(15(16)18)4-8-21-14/h1,4-5,8,11-12,17H,2-3,6-7,9-10H2/t11-/m0/s1. The summed E-state index contributed by atoms with van der Waals surface area (Å²) in [7, 11) is 0. The SMILES string of the molecule is O=c1c2ccsc2ccn1C[C@H](O)COC1CCOCC1. The Morgan fingerprint density at radius 2 is 2.24 bits per heavy atom. The first-order valence-corrected chi connectivity index (χ1v) is 8.06. The molecule has 3 rings (SSSR count). The van der Waals surface area contributed by atoms with Gasteiger partial charge in [0.05, 0.1) is 30.7 Å². The molecule has 2 aromatic rings. The van der Waals surface area contributed by atoms with Gasteiger partial charge in [-0.25, -0.2) is 0 Å². The van der Waals surface area contributed by atoms with E-state index >= 15 is 0 Å². The van der Waals surface area contributed by atoms with Crippen LogP contribution in [0.2, 0.25) is 0 Å². The average molecular weight is 309 g/mol. The van der Waals surface area contributed by atoms with Gasteiger partial charge in [-0.15, -0.1) is 11.3 Å². The minimum atomic E-state index is -0.679. The first kappa shape index (κ1) is 14.7. The molecule has 0 spiro atoms. The van der Waals surface area contributed by atoms with Gasteiger partial charge in [0.15, 0.2) is 0 Å². The van der Waals surface area contributed by atoms with Crippen LogP contribution in [0.3, 0.4) is 0 Å². The number of aliphatic hydroxyl groups is 1. The van der Waals surface area contributed by atoms with Crippen LogP contribution < -0.4 is 5.56 Å². The normalized spacial score (nSPS) is 18.1. The molecule has 0 radical (unpaired) electrons. The summed E-state index contributed by atoms with van der Waals surface area (Å²) >= 11 is 1.55. The maximum Gasteiger partial charge on any atom is 0.259 e. The molecule has 0 bridgehead atoms. The molecule has 2 aromatic heterocycles. The zero-order valence-corrected chi connectivity index (χ0v) is 12.6. The van der Waals surface area contributed by atoms with Gasteiger partial charge in [-0.3, -0.25) is 4.79 Å². The molecule has 5 nitrogen and oxygen atoms in total. The Labute approximate surface area is 126 Å². The Balaban J connectivity index is 1.59. The summed E-state index contributed by atoms with van der Waals surface area (Å²) in [4.78, 5) is 12.2. The van der Waals surface area contributed by atoms with Crippen LogP contribution >= 0.6 is 11.3 Å². The Morgan fingerprint density at radius 1 is 1.43 bits per heavy atom. The second-order valence-electron chi connectivity index (χ2n) is 5.27. The highest BCUT2D eigenvalue weighted by atomic mass is 32.1. The number of aromatic nitrogens is 1. The van der Waals surface area contributed by atoms with Gasteiger partial charge in [-0.05, 0) is 30.4 Å². The van der Waals surface area contributed by atoms with Crippen molar-refractivity contribution in [3.8, 4) is 0 Å². The molecular formula is C15H19NO4S. The van der Waals surface area contributed by atoms with Crippen molar-refractivity contribution in [1.29, 1.82) is 0 Å². The molecule has 1 aliphatic rings. The summed E-state index contributed by atoms with van der Waals surface area (Å²) < 4.78 is 13.5. The van der Waals surface area contributed by atoms with Gasteiger partial charge in [-0.1, -0.05) is 0 Å². The van der Waals surface area contributed by atoms with E-state index in [2.05, 4.69) is 0 Å². The van der Waals surface area contributed by atoms with Crippen LogP contribution in [0, 0.1) is 0 Å². The summed E-state index contributed by atoms with van der Waals surface area (Å²) in [6.45, 7) is 1.94. The van der Waals surface area contributed by atoms with Crippen molar-refractivity contribution in [1.82, 2.24) is 4.57 Å². The second kappa shape index (κ2) is 6.70. The lowest BCUT2D eigenvalue weighted by Gasteiger charge is -2.23. The molecule has 3 heterocycles. The van der Waals surface area contributed by atoms with Gasteiger partial charge in [0.1, 0.15) is 0 Å². The van der Waals surface area contributed by atoms with Gasteiger partial charge < -0.3 is 19.1 Å². The van der Waals surface area contributed by atoms with Crippen molar-refractivity contribution in [2.75, 3.05) is 19.8 Å². The Morgan fingerprint density at radius 3 is 3.05 bits per heavy atom. The number of hydrogen-bond acceptors (Lipinski definition) is 5. The molecule has 114 valence electrons. The molecule has 6 heteroatoms. The summed E-state index contributed by atoms with van der Waals surface area (Å²) in [5, 5.41) is 12.7. The fraction of sp³-hybridized carbons (Fsp3) is 0.533. The topological polar surface area (TPSA) is 60.7 Å². The molecule has 21 heavy (non-hydrogen) atoms. The van der Waals surface area contributed by atoms with E-state index in [-0.39, 0.29) is 24.8 Å². The zero-order valence-electron chi connectivity index (χ0n) is 11.7. The van der Waals surface area contributed by atoms with Gasteiger partial charge in [0.2, 0.25) is 0 Å².